The second-order valence-electron chi connectivity index (χ2n) is 10.1. The molecule has 1 aromatic rings. The number of alkyl carbamates (subject to hydrolysis) is 1. The van der Waals surface area contributed by atoms with E-state index in [9.17, 15) is 9.59 Å². The van der Waals surface area contributed by atoms with Crippen molar-refractivity contribution in [2.24, 2.45) is 5.92 Å². The van der Waals surface area contributed by atoms with Crippen LogP contribution in [-0.4, -0.2) is 42.3 Å². The molecule has 0 aliphatic heterocycles. The van der Waals surface area contributed by atoms with E-state index in [0.29, 0.717) is 11.7 Å². The minimum atomic E-state index is -0.670. The Kier molecular flexibility index (Phi) is 9.74. The largest absolute Gasteiger partial charge is 0.497 e. The summed E-state index contributed by atoms with van der Waals surface area (Å²) in [5.41, 5.74) is -0.272. The van der Waals surface area contributed by atoms with Crippen molar-refractivity contribution in [1.82, 2.24) is 10.6 Å². The van der Waals surface area contributed by atoms with Gasteiger partial charge in [0.05, 0.1) is 12.6 Å². The number of nitrogens with one attached hydrogen (secondary N) is 2. The first-order chi connectivity index (χ1) is 15.0. The molecule has 1 aliphatic carbocycles. The third kappa shape index (κ3) is 8.93. The zero-order chi connectivity index (χ0) is 23.8. The minimum Gasteiger partial charge on any atom is -0.497 e. The predicted octanol–water partition coefficient (Wildman–Crippen LogP) is 5.25. The van der Waals surface area contributed by atoms with Gasteiger partial charge in [0.25, 0.3) is 0 Å². The molecule has 6 nitrogen and oxygen atoms in total. The van der Waals surface area contributed by atoms with Crippen molar-refractivity contribution in [3.8, 4) is 5.75 Å². The highest BCUT2D eigenvalue weighted by Crippen LogP contribution is 2.27. The lowest BCUT2D eigenvalue weighted by Crippen LogP contribution is -2.53. The van der Waals surface area contributed by atoms with Crippen molar-refractivity contribution in [3.05, 3.63) is 29.8 Å². The van der Waals surface area contributed by atoms with Crippen LogP contribution in [0.1, 0.15) is 72.3 Å². The molecule has 0 radical (unpaired) electrons. The van der Waals surface area contributed by atoms with Crippen molar-refractivity contribution in [2.45, 2.75) is 83.9 Å². The van der Waals surface area contributed by atoms with Crippen LogP contribution < -0.4 is 15.4 Å². The molecule has 0 unspecified atom stereocenters. The number of methoxy groups -OCH3 is 1. The Morgan fingerprint density at radius 3 is 2.25 bits per heavy atom. The Morgan fingerprint density at radius 2 is 1.69 bits per heavy atom. The zero-order valence-electron chi connectivity index (χ0n) is 20.5. The highest BCUT2D eigenvalue weighted by molar-refractivity contribution is 7.99. The number of hydrogen-bond donors (Lipinski definition) is 2. The molecule has 1 atom stereocenters. The topological polar surface area (TPSA) is 76.7 Å². The van der Waals surface area contributed by atoms with E-state index in [1.165, 1.54) is 32.1 Å². The Labute approximate surface area is 197 Å². The maximum atomic E-state index is 13.2. The standard InChI is InChI=1S/C25H40N2O4S/c1-24(2,3)31-23(29)26-21(17-32-16-18-10-8-7-9-11-18)22(28)27-25(4,5)19-12-14-20(30-6)15-13-19/h12-15,18,21H,7-11,16-17H2,1-6H3,(H,26,29)(H,27,28)/t21-/m0/s1. The third-order valence-corrected chi connectivity index (χ3v) is 6.89. The van der Waals surface area contributed by atoms with Gasteiger partial charge in [0, 0.05) is 5.75 Å². The Hall–Kier alpha value is -1.89. The molecule has 7 heteroatoms. The number of amides is 2. The van der Waals surface area contributed by atoms with Crippen LogP contribution in [0.5, 0.6) is 5.75 Å². The van der Waals surface area contributed by atoms with Gasteiger partial charge in [-0.15, -0.1) is 0 Å². The number of rotatable bonds is 9. The minimum absolute atomic E-state index is 0.215. The number of benzene rings is 1. The highest BCUT2D eigenvalue weighted by atomic mass is 32.2. The molecule has 1 fully saturated rings. The average Bonchev–Trinajstić information content (AvgIpc) is 2.72. The molecule has 180 valence electrons. The summed E-state index contributed by atoms with van der Waals surface area (Å²) < 4.78 is 10.6. The normalized spacial score (nSPS) is 16.2. The maximum Gasteiger partial charge on any atom is 0.408 e. The van der Waals surface area contributed by atoms with E-state index in [1.807, 2.05) is 58.9 Å². The second kappa shape index (κ2) is 11.8. The molecule has 32 heavy (non-hydrogen) atoms. The van der Waals surface area contributed by atoms with Crippen LogP contribution >= 0.6 is 11.8 Å². The summed E-state index contributed by atoms with van der Waals surface area (Å²) >= 11 is 1.74. The van der Waals surface area contributed by atoms with Crippen molar-refractivity contribution in [1.29, 1.82) is 0 Å². The van der Waals surface area contributed by atoms with Crippen molar-refractivity contribution < 1.29 is 19.1 Å². The van der Waals surface area contributed by atoms with Crippen molar-refractivity contribution in [3.63, 3.8) is 0 Å². The van der Waals surface area contributed by atoms with Crippen LogP contribution in [-0.2, 0) is 15.1 Å². The quantitative estimate of drug-likeness (QED) is 0.522. The van der Waals surface area contributed by atoms with E-state index in [-0.39, 0.29) is 5.91 Å². The zero-order valence-corrected chi connectivity index (χ0v) is 21.3. The van der Waals surface area contributed by atoms with Gasteiger partial charge in [0.1, 0.15) is 17.4 Å². The first kappa shape index (κ1) is 26.4. The third-order valence-electron chi connectivity index (χ3n) is 5.62. The van der Waals surface area contributed by atoms with Gasteiger partial charge < -0.3 is 20.1 Å². The molecule has 2 N–H and O–H groups in total. The fourth-order valence-corrected chi connectivity index (χ4v) is 5.09. The first-order valence-corrected chi connectivity index (χ1v) is 12.7. The summed E-state index contributed by atoms with van der Waals surface area (Å²) in [5.74, 6) is 2.78. The van der Waals surface area contributed by atoms with Gasteiger partial charge in [-0.1, -0.05) is 31.4 Å². The van der Waals surface area contributed by atoms with E-state index in [4.69, 9.17) is 9.47 Å². The summed E-state index contributed by atoms with van der Waals surface area (Å²) in [7, 11) is 1.62. The van der Waals surface area contributed by atoms with Gasteiger partial charge in [-0.25, -0.2) is 4.79 Å². The summed E-state index contributed by atoms with van der Waals surface area (Å²) in [6.07, 6.45) is 5.86. The van der Waals surface area contributed by atoms with E-state index in [1.54, 1.807) is 18.9 Å². The fourth-order valence-electron chi connectivity index (χ4n) is 3.81. The molecule has 0 bridgehead atoms. The number of thioether (sulfide) groups is 1. The van der Waals surface area contributed by atoms with E-state index >= 15 is 0 Å². The number of ether oxygens (including phenoxy) is 2. The molecule has 2 amide bonds. The molecule has 0 spiro atoms. The van der Waals surface area contributed by atoms with Crippen LogP contribution in [0.15, 0.2) is 24.3 Å². The van der Waals surface area contributed by atoms with Crippen LogP contribution in [0, 0.1) is 5.92 Å². The molecular formula is C25H40N2O4S. The lowest BCUT2D eigenvalue weighted by Gasteiger charge is -2.30. The van der Waals surface area contributed by atoms with Crippen molar-refractivity contribution in [2.75, 3.05) is 18.6 Å². The van der Waals surface area contributed by atoms with Crippen LogP contribution in [0.3, 0.4) is 0 Å². The van der Waals surface area contributed by atoms with Crippen molar-refractivity contribution >= 4 is 23.8 Å². The Bertz CT molecular complexity index is 737. The monoisotopic (exact) mass is 464 g/mol. The highest BCUT2D eigenvalue weighted by Gasteiger charge is 2.30. The smallest absolute Gasteiger partial charge is 0.408 e. The maximum absolute atomic E-state index is 13.2. The summed E-state index contributed by atoms with van der Waals surface area (Å²) in [6.45, 7) is 9.34. The van der Waals surface area contributed by atoms with Crippen LogP contribution in [0.4, 0.5) is 4.79 Å². The molecule has 1 aliphatic rings. The van der Waals surface area contributed by atoms with E-state index < -0.39 is 23.3 Å². The predicted molar refractivity (Wildman–Crippen MR) is 131 cm³/mol. The molecule has 1 aromatic carbocycles. The van der Waals surface area contributed by atoms with E-state index in [0.717, 1.165) is 17.1 Å². The van der Waals surface area contributed by atoms with Gasteiger partial charge >= 0.3 is 6.09 Å². The average molecular weight is 465 g/mol. The summed E-state index contributed by atoms with van der Waals surface area (Å²) in [6, 6.07) is 6.95. The number of carbonyl (C=O) groups is 2. The second-order valence-corrected chi connectivity index (χ2v) is 11.2. The molecule has 1 saturated carbocycles. The van der Waals surface area contributed by atoms with Gasteiger partial charge in [-0.3, -0.25) is 4.79 Å². The van der Waals surface area contributed by atoms with Gasteiger partial charge in [0.15, 0.2) is 0 Å². The SMILES string of the molecule is COc1ccc(C(C)(C)NC(=O)[C@H](CSCC2CCCCC2)NC(=O)OC(C)(C)C)cc1. The molecule has 2 rings (SSSR count). The van der Waals surface area contributed by atoms with Crippen LogP contribution in [0.25, 0.3) is 0 Å². The lowest BCUT2D eigenvalue weighted by atomic mass is 9.91. The van der Waals surface area contributed by atoms with Gasteiger partial charge in [-0.2, -0.15) is 11.8 Å². The first-order valence-electron chi connectivity index (χ1n) is 11.5. The Balaban J connectivity index is 2.03. The molecule has 0 saturated heterocycles. The molecule has 0 heterocycles. The van der Waals surface area contributed by atoms with E-state index in [2.05, 4.69) is 10.6 Å². The number of hydrogen-bond acceptors (Lipinski definition) is 5. The fraction of sp³-hybridized carbons (Fsp3) is 0.680. The van der Waals surface area contributed by atoms with Crippen LogP contribution in [0.2, 0.25) is 0 Å². The molecule has 0 aromatic heterocycles. The number of carbonyl (C=O) groups excluding carboxylic acids is 2. The summed E-state index contributed by atoms with van der Waals surface area (Å²) in [4.78, 5) is 25.6. The Morgan fingerprint density at radius 1 is 1.06 bits per heavy atom. The van der Waals surface area contributed by atoms with Gasteiger partial charge in [-0.05, 0) is 76.8 Å². The van der Waals surface area contributed by atoms with Gasteiger partial charge in [0.2, 0.25) is 5.91 Å². The molecular weight excluding hydrogens is 424 g/mol. The summed E-state index contributed by atoms with van der Waals surface area (Å²) in [5, 5.41) is 5.89. The lowest BCUT2D eigenvalue weighted by molar-refractivity contribution is -0.124.